The molecule has 0 aliphatic rings. The Hall–Kier alpha value is -2.07. The second-order valence-corrected chi connectivity index (χ2v) is 7.14. The summed E-state index contributed by atoms with van der Waals surface area (Å²) in [5.41, 5.74) is 5.75. The molecule has 2 aromatic heterocycles. The fraction of sp³-hybridized carbons (Fsp3) is 0.467. The van der Waals surface area contributed by atoms with E-state index in [2.05, 4.69) is 31.9 Å². The first-order chi connectivity index (χ1) is 12.1. The molecular formula is C15H22N6O2S2. The number of anilines is 1. The zero-order chi connectivity index (χ0) is 18.1. The van der Waals surface area contributed by atoms with Crippen molar-refractivity contribution < 1.29 is 9.59 Å². The van der Waals surface area contributed by atoms with Crippen molar-refractivity contribution in [2.45, 2.75) is 37.6 Å². The first-order valence-corrected chi connectivity index (χ1v) is 9.83. The van der Waals surface area contributed by atoms with Crippen molar-refractivity contribution >= 4 is 40.2 Å². The molecule has 10 heteroatoms. The van der Waals surface area contributed by atoms with Crippen LogP contribution in [0.15, 0.2) is 17.4 Å². The molecule has 0 aromatic carbocycles. The number of thioether (sulfide) groups is 1. The van der Waals surface area contributed by atoms with E-state index < -0.39 is 11.9 Å². The number of carbonyl (C=O) groups is 2. The number of nitrogens with one attached hydrogen (secondary N) is 3. The van der Waals surface area contributed by atoms with Gasteiger partial charge in [-0.25, -0.2) is 9.78 Å². The number of carbonyl (C=O) groups excluding carboxylic acids is 2. The number of imidazole rings is 1. The lowest BCUT2D eigenvalue weighted by Crippen LogP contribution is -2.31. The molecule has 0 bridgehead atoms. The van der Waals surface area contributed by atoms with Crippen LogP contribution >= 0.6 is 23.3 Å². The van der Waals surface area contributed by atoms with E-state index in [0.29, 0.717) is 23.0 Å². The maximum Gasteiger partial charge on any atom is 0.319 e. The molecule has 0 atom stereocenters. The summed E-state index contributed by atoms with van der Waals surface area (Å²) in [6, 6.07) is -0.403. The number of hydrogen-bond acceptors (Lipinski definition) is 6. The zero-order valence-electron chi connectivity index (χ0n) is 14.0. The monoisotopic (exact) mass is 382 g/mol. The second kappa shape index (κ2) is 10.0. The number of nitrogens with zero attached hydrogens (tertiary/aromatic N) is 2. The Kier molecular flexibility index (Phi) is 7.74. The minimum absolute atomic E-state index is 0.285. The Bertz CT molecular complexity index is 686. The predicted molar refractivity (Wildman–Crippen MR) is 100 cm³/mol. The second-order valence-electron chi connectivity index (χ2n) is 5.28. The summed E-state index contributed by atoms with van der Waals surface area (Å²) >= 11 is 2.56. The lowest BCUT2D eigenvalue weighted by atomic mass is 10.3. The van der Waals surface area contributed by atoms with Gasteiger partial charge in [0.1, 0.15) is 21.4 Å². The zero-order valence-corrected chi connectivity index (χ0v) is 15.6. The van der Waals surface area contributed by atoms with Gasteiger partial charge in [-0.2, -0.15) is 4.37 Å². The van der Waals surface area contributed by atoms with E-state index >= 15 is 0 Å². The third-order valence-corrected chi connectivity index (χ3v) is 5.26. The fourth-order valence-corrected chi connectivity index (χ4v) is 4.04. The molecule has 0 spiro atoms. The van der Waals surface area contributed by atoms with Crippen LogP contribution in [-0.4, -0.2) is 38.6 Å². The number of urea groups is 1. The van der Waals surface area contributed by atoms with Crippen molar-refractivity contribution in [3.05, 3.63) is 23.8 Å². The van der Waals surface area contributed by atoms with E-state index in [9.17, 15) is 9.59 Å². The molecule has 0 radical (unpaired) electrons. The molecule has 2 heterocycles. The third kappa shape index (κ3) is 6.05. The van der Waals surface area contributed by atoms with Gasteiger partial charge in [0, 0.05) is 25.4 Å². The van der Waals surface area contributed by atoms with Gasteiger partial charge in [-0.1, -0.05) is 19.8 Å². The molecule has 25 heavy (non-hydrogen) atoms. The van der Waals surface area contributed by atoms with Crippen LogP contribution in [-0.2, 0) is 6.42 Å². The maximum absolute atomic E-state index is 12.0. The highest BCUT2D eigenvalue weighted by molar-refractivity contribution is 7.99. The van der Waals surface area contributed by atoms with E-state index in [0.717, 1.165) is 42.4 Å². The highest BCUT2D eigenvalue weighted by atomic mass is 32.2. The molecule has 0 saturated heterocycles. The van der Waals surface area contributed by atoms with Crippen molar-refractivity contribution in [3.63, 3.8) is 0 Å². The molecule has 5 N–H and O–H groups in total. The van der Waals surface area contributed by atoms with Gasteiger partial charge in [-0.05, 0) is 23.7 Å². The summed E-state index contributed by atoms with van der Waals surface area (Å²) < 4.78 is 4.26. The lowest BCUT2D eigenvalue weighted by molar-refractivity contribution is 0.0998. The normalized spacial score (nSPS) is 10.6. The van der Waals surface area contributed by atoms with Crippen LogP contribution in [0.2, 0.25) is 0 Å². The summed E-state index contributed by atoms with van der Waals surface area (Å²) in [6.45, 7) is 2.55. The van der Waals surface area contributed by atoms with Gasteiger partial charge >= 0.3 is 6.03 Å². The summed E-state index contributed by atoms with van der Waals surface area (Å²) in [7, 11) is 0. The van der Waals surface area contributed by atoms with Gasteiger partial charge in [0.25, 0.3) is 5.91 Å². The lowest BCUT2D eigenvalue weighted by Gasteiger charge is -2.06. The average Bonchev–Trinajstić information content (AvgIpc) is 3.21. The minimum Gasteiger partial charge on any atom is -0.365 e. The number of unbranched alkanes of at least 4 members (excludes halogenated alkanes) is 2. The Balaban J connectivity index is 1.88. The Morgan fingerprint density at radius 1 is 1.40 bits per heavy atom. The van der Waals surface area contributed by atoms with Gasteiger partial charge in [0.2, 0.25) is 0 Å². The molecule has 0 fully saturated rings. The van der Waals surface area contributed by atoms with Gasteiger partial charge in [-0.3, -0.25) is 10.1 Å². The molecule has 8 nitrogen and oxygen atoms in total. The summed E-state index contributed by atoms with van der Waals surface area (Å²) in [5, 5.41) is 6.33. The molecule has 0 saturated carbocycles. The van der Waals surface area contributed by atoms with Crippen molar-refractivity contribution in [1.29, 1.82) is 0 Å². The van der Waals surface area contributed by atoms with E-state index in [1.807, 2.05) is 0 Å². The fourth-order valence-electron chi connectivity index (χ4n) is 2.07. The standard InChI is InChI=1S/C15H22N6O2S2/c1-2-3-4-9-24-14-11(12(16)22)13(25-21-14)20-15(23)19-6-5-10-17-7-8-18-10/h7-8H,2-6,9H2,1H3,(H2,16,22)(H,17,18)(H2,19,20,23). The number of primary amides is 1. The van der Waals surface area contributed by atoms with Crippen LogP contribution in [0.25, 0.3) is 0 Å². The van der Waals surface area contributed by atoms with Gasteiger partial charge in [-0.15, -0.1) is 11.8 Å². The highest BCUT2D eigenvalue weighted by Crippen LogP contribution is 2.32. The van der Waals surface area contributed by atoms with Gasteiger partial charge < -0.3 is 16.0 Å². The summed E-state index contributed by atoms with van der Waals surface area (Å²) in [5.74, 6) is 1.08. The SMILES string of the molecule is CCCCCSc1nsc(NC(=O)NCCc2ncc[nH]2)c1C(N)=O. The largest absolute Gasteiger partial charge is 0.365 e. The van der Waals surface area contributed by atoms with Crippen molar-refractivity contribution in [1.82, 2.24) is 19.7 Å². The van der Waals surface area contributed by atoms with Crippen LogP contribution in [0.1, 0.15) is 42.4 Å². The molecular weight excluding hydrogens is 360 g/mol. The van der Waals surface area contributed by atoms with E-state index in [1.54, 1.807) is 12.4 Å². The molecule has 2 rings (SSSR count). The molecule has 0 unspecified atom stereocenters. The van der Waals surface area contributed by atoms with E-state index in [-0.39, 0.29) is 5.56 Å². The van der Waals surface area contributed by atoms with Crippen molar-refractivity contribution in [3.8, 4) is 0 Å². The quantitative estimate of drug-likeness (QED) is 0.371. The molecule has 0 aliphatic carbocycles. The number of amides is 3. The Morgan fingerprint density at radius 2 is 2.24 bits per heavy atom. The molecule has 136 valence electrons. The number of hydrogen-bond donors (Lipinski definition) is 4. The van der Waals surface area contributed by atoms with Crippen LogP contribution in [0.5, 0.6) is 0 Å². The Morgan fingerprint density at radius 3 is 2.92 bits per heavy atom. The number of rotatable bonds is 10. The van der Waals surface area contributed by atoms with Crippen LogP contribution in [0.4, 0.5) is 9.80 Å². The number of aromatic amines is 1. The van der Waals surface area contributed by atoms with Crippen molar-refractivity contribution in [2.24, 2.45) is 5.73 Å². The van der Waals surface area contributed by atoms with Crippen LogP contribution < -0.4 is 16.4 Å². The highest BCUT2D eigenvalue weighted by Gasteiger charge is 2.20. The van der Waals surface area contributed by atoms with E-state index in [1.165, 1.54) is 11.8 Å². The number of aromatic nitrogens is 3. The van der Waals surface area contributed by atoms with Crippen molar-refractivity contribution in [2.75, 3.05) is 17.6 Å². The number of nitrogens with two attached hydrogens (primary N) is 1. The topological polar surface area (TPSA) is 126 Å². The van der Waals surface area contributed by atoms with Crippen LogP contribution in [0.3, 0.4) is 0 Å². The maximum atomic E-state index is 12.0. The molecule has 3 amide bonds. The smallest absolute Gasteiger partial charge is 0.319 e. The summed E-state index contributed by atoms with van der Waals surface area (Å²) in [4.78, 5) is 30.8. The average molecular weight is 383 g/mol. The first kappa shape index (κ1) is 19.3. The predicted octanol–water partition coefficient (Wildman–Crippen LogP) is 2.61. The first-order valence-electron chi connectivity index (χ1n) is 8.07. The number of H-pyrrole nitrogens is 1. The summed E-state index contributed by atoms with van der Waals surface area (Å²) in [6.07, 6.45) is 7.28. The van der Waals surface area contributed by atoms with Gasteiger partial charge in [0.15, 0.2) is 0 Å². The molecule has 0 aliphatic heterocycles. The third-order valence-electron chi connectivity index (χ3n) is 3.32. The molecule has 2 aromatic rings. The minimum atomic E-state index is -0.586. The Labute approximate surface area is 154 Å². The van der Waals surface area contributed by atoms with E-state index in [4.69, 9.17) is 5.73 Å². The van der Waals surface area contributed by atoms with Crippen LogP contribution in [0, 0.1) is 0 Å². The van der Waals surface area contributed by atoms with Gasteiger partial charge in [0.05, 0.1) is 0 Å².